The highest BCUT2D eigenvalue weighted by Gasteiger charge is 2.25. The van der Waals surface area contributed by atoms with E-state index in [1.54, 1.807) is 31.4 Å². The average Bonchev–Trinajstić information content (AvgIpc) is 3.04. The van der Waals surface area contributed by atoms with Crippen molar-refractivity contribution in [2.45, 2.75) is 26.5 Å². The topological polar surface area (TPSA) is 65.1 Å². The number of carbonyl (C=O) groups excluding carboxylic acids is 1. The molecule has 0 spiro atoms. The lowest BCUT2D eigenvalue weighted by molar-refractivity contribution is -0.911. The van der Waals surface area contributed by atoms with Crippen molar-refractivity contribution < 1.29 is 24.3 Å². The van der Waals surface area contributed by atoms with Gasteiger partial charge in [0.25, 0.3) is 0 Å². The molecule has 31 heavy (non-hydrogen) atoms. The normalized spacial score (nSPS) is 15.9. The van der Waals surface area contributed by atoms with E-state index in [0.717, 1.165) is 48.3 Å². The molecule has 0 aliphatic carbocycles. The predicted molar refractivity (Wildman–Crippen MR) is 120 cm³/mol. The van der Waals surface area contributed by atoms with Crippen LogP contribution in [-0.2, 0) is 11.3 Å². The summed E-state index contributed by atoms with van der Waals surface area (Å²) in [4.78, 5) is 14.9. The Morgan fingerprint density at radius 2 is 1.87 bits per heavy atom. The van der Waals surface area contributed by atoms with Crippen molar-refractivity contribution in [2.24, 2.45) is 0 Å². The van der Waals surface area contributed by atoms with E-state index in [0.29, 0.717) is 30.1 Å². The molecule has 1 aliphatic rings. The second-order valence-corrected chi connectivity index (χ2v) is 8.38. The highest BCUT2D eigenvalue weighted by Crippen LogP contribution is 2.29. The summed E-state index contributed by atoms with van der Waals surface area (Å²) in [7, 11) is 1.61. The molecule has 6 heteroatoms. The van der Waals surface area contributed by atoms with E-state index in [1.165, 1.54) is 4.90 Å². The number of aryl methyl sites for hydroxylation is 2. The summed E-state index contributed by atoms with van der Waals surface area (Å²) in [5.74, 6) is 0.674. The SMILES string of the molecule is COc1ccc(C(=O)c2c(C)c3cc(C)ccc3n2C[C@H](O)C[NH+]2CCOCC2)cc1. The number of benzene rings is 2. The first-order valence-corrected chi connectivity index (χ1v) is 10.9. The number of hydrogen-bond donors (Lipinski definition) is 2. The minimum absolute atomic E-state index is 0.0417. The quantitative estimate of drug-likeness (QED) is 0.569. The molecule has 1 fully saturated rings. The van der Waals surface area contributed by atoms with Gasteiger partial charge in [-0.05, 0) is 55.8 Å². The van der Waals surface area contributed by atoms with Crippen molar-refractivity contribution in [3.63, 3.8) is 0 Å². The molecule has 164 valence electrons. The van der Waals surface area contributed by atoms with E-state index in [-0.39, 0.29) is 5.78 Å². The van der Waals surface area contributed by atoms with Gasteiger partial charge in [0.15, 0.2) is 0 Å². The molecule has 4 rings (SSSR count). The van der Waals surface area contributed by atoms with Crippen molar-refractivity contribution in [1.29, 1.82) is 0 Å². The molecule has 2 aromatic carbocycles. The number of nitrogens with one attached hydrogen (secondary N) is 1. The highest BCUT2D eigenvalue weighted by molar-refractivity contribution is 6.12. The fourth-order valence-corrected chi connectivity index (χ4v) is 4.47. The molecule has 0 bridgehead atoms. The van der Waals surface area contributed by atoms with Gasteiger partial charge < -0.3 is 24.0 Å². The number of aliphatic hydroxyl groups is 1. The largest absolute Gasteiger partial charge is 0.497 e. The Kier molecular flexibility index (Phi) is 6.41. The van der Waals surface area contributed by atoms with Gasteiger partial charge in [-0.3, -0.25) is 4.79 Å². The second-order valence-electron chi connectivity index (χ2n) is 8.38. The van der Waals surface area contributed by atoms with Crippen LogP contribution in [0.3, 0.4) is 0 Å². The van der Waals surface area contributed by atoms with E-state index < -0.39 is 6.10 Å². The third-order valence-corrected chi connectivity index (χ3v) is 6.16. The zero-order chi connectivity index (χ0) is 22.0. The molecule has 0 unspecified atom stereocenters. The van der Waals surface area contributed by atoms with Crippen LogP contribution in [0.2, 0.25) is 0 Å². The Morgan fingerprint density at radius 3 is 2.55 bits per heavy atom. The maximum Gasteiger partial charge on any atom is 0.209 e. The lowest BCUT2D eigenvalue weighted by Gasteiger charge is -2.26. The van der Waals surface area contributed by atoms with E-state index in [4.69, 9.17) is 9.47 Å². The van der Waals surface area contributed by atoms with Crippen LogP contribution in [0.4, 0.5) is 0 Å². The summed E-state index contributed by atoms with van der Waals surface area (Å²) < 4.78 is 12.7. The molecule has 2 N–H and O–H groups in total. The van der Waals surface area contributed by atoms with Crippen LogP contribution in [0.25, 0.3) is 10.9 Å². The number of aromatic nitrogens is 1. The van der Waals surface area contributed by atoms with Crippen LogP contribution in [0, 0.1) is 13.8 Å². The number of morpholine rings is 1. The van der Waals surface area contributed by atoms with Gasteiger partial charge in [-0.1, -0.05) is 11.6 Å². The number of ketones is 1. The van der Waals surface area contributed by atoms with Gasteiger partial charge in [0.2, 0.25) is 5.78 Å². The molecule has 1 saturated heterocycles. The van der Waals surface area contributed by atoms with Crippen molar-refractivity contribution in [1.82, 2.24) is 4.57 Å². The number of methoxy groups -OCH3 is 1. The van der Waals surface area contributed by atoms with Gasteiger partial charge >= 0.3 is 0 Å². The number of ether oxygens (including phenoxy) is 2. The van der Waals surface area contributed by atoms with Gasteiger partial charge in [0.1, 0.15) is 31.5 Å². The average molecular weight is 424 g/mol. The van der Waals surface area contributed by atoms with E-state index in [2.05, 4.69) is 25.1 Å². The number of quaternary nitrogens is 1. The Balaban J connectivity index is 1.70. The van der Waals surface area contributed by atoms with E-state index in [1.807, 2.05) is 11.5 Å². The molecule has 1 atom stereocenters. The fourth-order valence-electron chi connectivity index (χ4n) is 4.47. The number of hydrogen-bond acceptors (Lipinski definition) is 4. The van der Waals surface area contributed by atoms with Gasteiger partial charge in [-0.2, -0.15) is 0 Å². The molecular formula is C25H31N2O4+. The van der Waals surface area contributed by atoms with Crippen molar-refractivity contribution >= 4 is 16.7 Å². The molecular weight excluding hydrogens is 392 g/mol. The molecule has 0 amide bonds. The summed E-state index contributed by atoms with van der Waals surface area (Å²) in [5, 5.41) is 12.0. The molecule has 0 saturated carbocycles. The zero-order valence-corrected chi connectivity index (χ0v) is 18.5. The standard InChI is InChI=1S/C25H30N2O4/c1-17-4-9-23-22(14-17)18(2)24(25(29)19-5-7-21(30-3)8-6-19)27(23)16-20(28)15-26-10-12-31-13-11-26/h4-9,14,20,28H,10-13,15-16H2,1-3H3/p+1/t20-/m1/s1. The van der Waals surface area contributed by atoms with Crippen molar-refractivity contribution in [3.05, 3.63) is 64.8 Å². The molecule has 2 heterocycles. The smallest absolute Gasteiger partial charge is 0.209 e. The first-order valence-electron chi connectivity index (χ1n) is 10.9. The molecule has 6 nitrogen and oxygen atoms in total. The summed E-state index contributed by atoms with van der Waals surface area (Å²) in [6.45, 7) is 8.34. The third-order valence-electron chi connectivity index (χ3n) is 6.16. The molecule has 3 aromatic rings. The van der Waals surface area contributed by atoms with Gasteiger partial charge in [0.05, 0.1) is 32.6 Å². The number of nitrogens with zero attached hydrogens (tertiary/aromatic N) is 1. The van der Waals surface area contributed by atoms with Crippen molar-refractivity contribution in [2.75, 3.05) is 40.0 Å². The molecule has 1 aromatic heterocycles. The Labute approximate surface area is 183 Å². The first kappa shape index (κ1) is 21.6. The minimum atomic E-state index is -0.549. The van der Waals surface area contributed by atoms with Gasteiger partial charge in [0, 0.05) is 16.5 Å². The highest BCUT2D eigenvalue weighted by atomic mass is 16.5. The summed E-state index contributed by atoms with van der Waals surface area (Å²) in [5.41, 5.74) is 4.33. The monoisotopic (exact) mass is 423 g/mol. The lowest BCUT2D eigenvalue weighted by Crippen LogP contribution is -3.15. The number of rotatable bonds is 7. The first-order chi connectivity index (χ1) is 15.0. The fraction of sp³-hybridized carbons (Fsp3) is 0.400. The summed E-state index contributed by atoms with van der Waals surface area (Å²) in [6, 6.07) is 13.4. The Hall–Kier alpha value is -2.67. The van der Waals surface area contributed by atoms with Crippen LogP contribution < -0.4 is 9.64 Å². The predicted octanol–water partition coefficient (Wildman–Crippen LogP) is 1.77. The van der Waals surface area contributed by atoms with Crippen LogP contribution in [0.15, 0.2) is 42.5 Å². The zero-order valence-electron chi connectivity index (χ0n) is 18.5. The maximum atomic E-state index is 13.5. The van der Waals surface area contributed by atoms with Crippen LogP contribution in [0.1, 0.15) is 27.2 Å². The van der Waals surface area contributed by atoms with Gasteiger partial charge in [-0.25, -0.2) is 0 Å². The summed E-state index contributed by atoms with van der Waals surface area (Å²) >= 11 is 0. The number of aliphatic hydroxyl groups excluding tert-OH is 1. The van der Waals surface area contributed by atoms with Crippen molar-refractivity contribution in [3.8, 4) is 5.75 Å². The summed E-state index contributed by atoms with van der Waals surface area (Å²) in [6.07, 6.45) is -0.549. The van der Waals surface area contributed by atoms with Crippen LogP contribution >= 0.6 is 0 Å². The third kappa shape index (κ3) is 4.51. The molecule has 0 radical (unpaired) electrons. The Bertz CT molecular complexity index is 1070. The number of fused-ring (bicyclic) bond motifs is 1. The van der Waals surface area contributed by atoms with Crippen LogP contribution in [0.5, 0.6) is 5.75 Å². The van der Waals surface area contributed by atoms with Crippen LogP contribution in [-0.4, -0.2) is 61.5 Å². The minimum Gasteiger partial charge on any atom is -0.497 e. The van der Waals surface area contributed by atoms with E-state index >= 15 is 0 Å². The maximum absolute atomic E-state index is 13.5. The number of carbonyl (C=O) groups is 1. The van der Waals surface area contributed by atoms with E-state index in [9.17, 15) is 9.90 Å². The van der Waals surface area contributed by atoms with Gasteiger partial charge in [-0.15, -0.1) is 0 Å². The Morgan fingerprint density at radius 1 is 1.16 bits per heavy atom. The second kappa shape index (κ2) is 9.22. The lowest BCUT2D eigenvalue weighted by atomic mass is 10.0. The molecule has 1 aliphatic heterocycles.